The number of rotatable bonds is 9. The van der Waals surface area contributed by atoms with Gasteiger partial charge in [0, 0.05) is 25.1 Å². The van der Waals surface area contributed by atoms with Crippen LogP contribution in [-0.4, -0.2) is 41.8 Å². The number of aryl methyl sites for hydroxylation is 2. The minimum atomic E-state index is -0.525. The summed E-state index contributed by atoms with van der Waals surface area (Å²) in [6.07, 6.45) is 3.09. The molecule has 5 rings (SSSR count). The largest absolute Gasteiger partial charge is 0.464 e. The Kier molecular flexibility index (Phi) is 7.46. The first-order chi connectivity index (χ1) is 18.1. The predicted octanol–water partition coefficient (Wildman–Crippen LogP) is 4.65. The third kappa shape index (κ3) is 5.49. The highest BCUT2D eigenvalue weighted by Gasteiger charge is 2.29. The fourth-order valence-corrected chi connectivity index (χ4v) is 4.63. The van der Waals surface area contributed by atoms with Crippen LogP contribution in [0.5, 0.6) is 0 Å². The summed E-state index contributed by atoms with van der Waals surface area (Å²) in [4.78, 5) is 30.9. The molecular weight excluding hydrogens is 468 g/mol. The van der Waals surface area contributed by atoms with Crippen molar-refractivity contribution in [3.05, 3.63) is 89.7 Å². The first-order valence-electron chi connectivity index (χ1n) is 12.4. The molecule has 1 aliphatic heterocycles. The quantitative estimate of drug-likeness (QED) is 0.326. The van der Waals surface area contributed by atoms with E-state index in [2.05, 4.69) is 10.6 Å². The van der Waals surface area contributed by atoms with Gasteiger partial charge in [-0.05, 0) is 30.0 Å². The minimum absolute atomic E-state index is 0.174. The van der Waals surface area contributed by atoms with E-state index in [1.165, 1.54) is 7.11 Å². The number of esters is 1. The zero-order valence-corrected chi connectivity index (χ0v) is 20.8. The molecule has 0 spiro atoms. The van der Waals surface area contributed by atoms with E-state index in [0.717, 1.165) is 16.8 Å². The van der Waals surface area contributed by atoms with Crippen LogP contribution in [0, 0.1) is 5.92 Å². The summed E-state index contributed by atoms with van der Waals surface area (Å²) >= 11 is 0. The molecule has 2 aromatic carbocycles. The van der Waals surface area contributed by atoms with Crippen LogP contribution >= 0.6 is 0 Å². The highest BCUT2D eigenvalue weighted by atomic mass is 16.5. The first kappa shape index (κ1) is 24.5. The summed E-state index contributed by atoms with van der Waals surface area (Å²) in [6, 6.07) is 22.0. The van der Waals surface area contributed by atoms with Gasteiger partial charge in [-0.2, -0.15) is 0 Å². The fourth-order valence-electron chi connectivity index (χ4n) is 4.63. The van der Waals surface area contributed by atoms with Gasteiger partial charge in [0.25, 0.3) is 0 Å². The number of anilines is 2. The van der Waals surface area contributed by atoms with Gasteiger partial charge in [-0.25, -0.2) is 9.78 Å². The maximum absolute atomic E-state index is 13.1. The summed E-state index contributed by atoms with van der Waals surface area (Å²) in [5.41, 5.74) is 4.37. The van der Waals surface area contributed by atoms with E-state index in [0.29, 0.717) is 55.9 Å². The van der Waals surface area contributed by atoms with E-state index in [1.807, 2.05) is 71.3 Å². The molecule has 37 heavy (non-hydrogen) atoms. The van der Waals surface area contributed by atoms with E-state index in [4.69, 9.17) is 14.5 Å². The third-order valence-electron chi connectivity index (χ3n) is 6.63. The molecule has 3 heterocycles. The summed E-state index contributed by atoms with van der Waals surface area (Å²) in [6.45, 7) is 2.04. The molecule has 0 radical (unpaired) electrons. The molecule has 1 atom stereocenters. The molecule has 4 aromatic rings. The number of methoxy groups -OCH3 is 1. The van der Waals surface area contributed by atoms with Gasteiger partial charge >= 0.3 is 5.97 Å². The van der Waals surface area contributed by atoms with Crippen molar-refractivity contribution in [2.75, 3.05) is 31.0 Å². The van der Waals surface area contributed by atoms with Crippen molar-refractivity contribution < 1.29 is 19.1 Å². The van der Waals surface area contributed by atoms with Crippen molar-refractivity contribution in [2.24, 2.45) is 5.92 Å². The topological polar surface area (TPSA) is 94.5 Å². The van der Waals surface area contributed by atoms with Gasteiger partial charge in [0.1, 0.15) is 5.65 Å². The monoisotopic (exact) mass is 498 g/mol. The van der Waals surface area contributed by atoms with Crippen molar-refractivity contribution in [1.82, 2.24) is 9.55 Å². The summed E-state index contributed by atoms with van der Waals surface area (Å²) in [5, 5.41) is 7.10. The number of fused-ring (bicyclic) bond motifs is 1. The zero-order valence-electron chi connectivity index (χ0n) is 20.8. The maximum Gasteiger partial charge on any atom is 0.356 e. The Labute approximate surface area is 215 Å². The van der Waals surface area contributed by atoms with Crippen LogP contribution in [0.2, 0.25) is 0 Å². The average Bonchev–Trinajstić information content (AvgIpc) is 3.59. The van der Waals surface area contributed by atoms with Crippen molar-refractivity contribution in [2.45, 2.75) is 25.9 Å². The number of carbonyl (C=O) groups excluding carboxylic acids is 2. The highest BCUT2D eigenvalue weighted by Crippen LogP contribution is 2.34. The lowest BCUT2D eigenvalue weighted by atomic mass is 10.1. The SMILES string of the molecule is COC(=O)c1c(NC(=O)C2CCOC2)c2cc(NCc3ccccc3)cnc2n1CCc1ccccc1. The number of benzene rings is 2. The Morgan fingerprint density at radius 1 is 1.08 bits per heavy atom. The second-order valence-electron chi connectivity index (χ2n) is 9.09. The fraction of sp³-hybridized carbons (Fsp3) is 0.276. The molecule has 0 aliphatic carbocycles. The van der Waals surface area contributed by atoms with E-state index >= 15 is 0 Å². The number of hydrogen-bond acceptors (Lipinski definition) is 6. The lowest BCUT2D eigenvalue weighted by Gasteiger charge is -2.12. The Morgan fingerprint density at radius 3 is 2.49 bits per heavy atom. The standard InChI is InChI=1S/C29H30N4O4/c1-36-29(35)26-25(32-28(34)22-13-15-37-19-22)24-16-23(30-17-21-10-6-3-7-11-21)18-31-27(24)33(26)14-12-20-8-4-2-5-9-20/h2-11,16,18,22,30H,12-15,17,19H2,1H3,(H,32,34). The molecule has 1 fully saturated rings. The number of amides is 1. The van der Waals surface area contributed by atoms with Crippen LogP contribution in [0.15, 0.2) is 72.9 Å². The molecule has 2 N–H and O–H groups in total. The van der Waals surface area contributed by atoms with Gasteiger partial charge in [-0.3, -0.25) is 4.79 Å². The number of pyridine rings is 1. The molecule has 190 valence electrons. The lowest BCUT2D eigenvalue weighted by Crippen LogP contribution is -2.24. The van der Waals surface area contributed by atoms with E-state index in [9.17, 15) is 9.59 Å². The number of carbonyl (C=O) groups is 2. The molecule has 0 saturated carbocycles. The van der Waals surface area contributed by atoms with Crippen LogP contribution < -0.4 is 10.6 Å². The van der Waals surface area contributed by atoms with E-state index < -0.39 is 5.97 Å². The molecule has 1 aliphatic rings. The predicted molar refractivity (Wildman–Crippen MR) is 143 cm³/mol. The smallest absolute Gasteiger partial charge is 0.356 e. The number of hydrogen-bond donors (Lipinski definition) is 2. The van der Waals surface area contributed by atoms with Crippen molar-refractivity contribution in [3.63, 3.8) is 0 Å². The van der Waals surface area contributed by atoms with Gasteiger partial charge < -0.3 is 24.7 Å². The van der Waals surface area contributed by atoms with Crippen LogP contribution in [0.4, 0.5) is 11.4 Å². The number of nitrogens with zero attached hydrogens (tertiary/aromatic N) is 2. The Bertz CT molecular complexity index is 1380. The van der Waals surface area contributed by atoms with Crippen molar-refractivity contribution in [3.8, 4) is 0 Å². The van der Waals surface area contributed by atoms with Gasteiger partial charge in [0.2, 0.25) is 5.91 Å². The lowest BCUT2D eigenvalue weighted by molar-refractivity contribution is -0.119. The van der Waals surface area contributed by atoms with Gasteiger partial charge in [0.15, 0.2) is 5.69 Å². The maximum atomic E-state index is 13.1. The van der Waals surface area contributed by atoms with Crippen molar-refractivity contribution >= 4 is 34.3 Å². The van der Waals surface area contributed by atoms with E-state index in [1.54, 1.807) is 6.20 Å². The zero-order chi connectivity index (χ0) is 25.6. The summed E-state index contributed by atoms with van der Waals surface area (Å²) in [5.74, 6) is -0.962. The second-order valence-corrected chi connectivity index (χ2v) is 9.09. The molecule has 2 aromatic heterocycles. The Balaban J connectivity index is 1.54. The van der Waals surface area contributed by atoms with Crippen LogP contribution in [0.25, 0.3) is 11.0 Å². The van der Waals surface area contributed by atoms with Crippen LogP contribution in [0.3, 0.4) is 0 Å². The van der Waals surface area contributed by atoms with Gasteiger partial charge in [-0.1, -0.05) is 60.7 Å². The number of nitrogens with one attached hydrogen (secondary N) is 2. The third-order valence-corrected chi connectivity index (χ3v) is 6.63. The van der Waals surface area contributed by atoms with Gasteiger partial charge in [0.05, 0.1) is 37.2 Å². The van der Waals surface area contributed by atoms with Crippen molar-refractivity contribution in [1.29, 1.82) is 0 Å². The van der Waals surface area contributed by atoms with E-state index in [-0.39, 0.29) is 17.5 Å². The molecule has 8 heteroatoms. The Hall–Kier alpha value is -4.17. The number of aromatic nitrogens is 2. The van der Waals surface area contributed by atoms with Crippen LogP contribution in [-0.2, 0) is 33.8 Å². The normalized spacial score (nSPS) is 15.0. The highest BCUT2D eigenvalue weighted by molar-refractivity contribution is 6.11. The summed E-state index contributed by atoms with van der Waals surface area (Å²) < 4.78 is 12.4. The minimum Gasteiger partial charge on any atom is -0.464 e. The first-order valence-corrected chi connectivity index (χ1v) is 12.4. The molecule has 0 bridgehead atoms. The molecule has 1 amide bonds. The number of ether oxygens (including phenoxy) is 2. The second kappa shape index (κ2) is 11.3. The molecule has 8 nitrogen and oxygen atoms in total. The molecule has 1 saturated heterocycles. The van der Waals surface area contributed by atoms with Crippen LogP contribution in [0.1, 0.15) is 28.0 Å². The summed E-state index contributed by atoms with van der Waals surface area (Å²) in [7, 11) is 1.35. The molecule has 1 unspecified atom stereocenters. The Morgan fingerprint density at radius 2 is 1.81 bits per heavy atom. The van der Waals surface area contributed by atoms with Gasteiger partial charge in [-0.15, -0.1) is 0 Å². The molecular formula is C29H30N4O4. The average molecular weight is 499 g/mol.